The van der Waals surface area contributed by atoms with Gasteiger partial charge in [-0.25, -0.2) is 0 Å². The first-order chi connectivity index (χ1) is 14.5. The van der Waals surface area contributed by atoms with Gasteiger partial charge in [0, 0.05) is 37.6 Å². The SMILES string of the molecule is O=C(NC(=S)Nc1ccc2c(c1)oc1ccccc12)c1sc2cc(Cl)ccc2c1Cl. The van der Waals surface area contributed by atoms with E-state index in [1.165, 1.54) is 11.3 Å². The number of fused-ring (bicyclic) bond motifs is 4. The number of halogens is 2. The van der Waals surface area contributed by atoms with Crippen molar-refractivity contribution in [3.05, 3.63) is 75.6 Å². The van der Waals surface area contributed by atoms with E-state index in [1.54, 1.807) is 18.2 Å². The first kappa shape index (κ1) is 19.3. The van der Waals surface area contributed by atoms with Crippen molar-refractivity contribution >= 4 is 95.5 Å². The molecule has 0 unspecified atom stereocenters. The summed E-state index contributed by atoms with van der Waals surface area (Å²) in [5, 5.41) is 9.69. The van der Waals surface area contributed by atoms with Crippen LogP contribution in [0.25, 0.3) is 32.0 Å². The Kier molecular flexibility index (Phi) is 4.87. The van der Waals surface area contributed by atoms with Crippen LogP contribution < -0.4 is 10.6 Å². The molecule has 2 heterocycles. The summed E-state index contributed by atoms with van der Waals surface area (Å²) in [4.78, 5) is 13.1. The van der Waals surface area contributed by atoms with Crippen LogP contribution in [0.3, 0.4) is 0 Å². The molecule has 0 saturated carbocycles. The highest BCUT2D eigenvalue weighted by Gasteiger charge is 2.18. The normalized spacial score (nSPS) is 11.3. The summed E-state index contributed by atoms with van der Waals surface area (Å²) in [6.07, 6.45) is 0. The van der Waals surface area contributed by atoms with Gasteiger partial charge in [-0.2, -0.15) is 0 Å². The monoisotopic (exact) mass is 470 g/mol. The van der Waals surface area contributed by atoms with E-state index < -0.39 is 0 Å². The van der Waals surface area contributed by atoms with Gasteiger partial charge < -0.3 is 9.73 Å². The predicted octanol–water partition coefficient (Wildman–Crippen LogP) is 7.23. The minimum Gasteiger partial charge on any atom is -0.456 e. The maximum Gasteiger partial charge on any atom is 0.269 e. The van der Waals surface area contributed by atoms with E-state index in [0.717, 1.165) is 32.0 Å². The van der Waals surface area contributed by atoms with Gasteiger partial charge in [-0.3, -0.25) is 10.1 Å². The Balaban J connectivity index is 1.36. The van der Waals surface area contributed by atoms with Crippen molar-refractivity contribution in [2.75, 3.05) is 5.32 Å². The molecule has 2 N–H and O–H groups in total. The molecule has 1 amide bonds. The van der Waals surface area contributed by atoms with E-state index in [1.807, 2.05) is 42.5 Å². The van der Waals surface area contributed by atoms with Crippen LogP contribution in [-0.2, 0) is 0 Å². The van der Waals surface area contributed by atoms with Crippen molar-refractivity contribution in [1.82, 2.24) is 5.32 Å². The molecule has 5 rings (SSSR count). The lowest BCUT2D eigenvalue weighted by Gasteiger charge is -2.09. The molecule has 0 fully saturated rings. The number of hydrogen-bond acceptors (Lipinski definition) is 4. The third-order valence-electron chi connectivity index (χ3n) is 4.66. The van der Waals surface area contributed by atoms with Gasteiger partial charge in [-0.05, 0) is 42.5 Å². The Morgan fingerprint density at radius 1 is 0.933 bits per heavy atom. The average Bonchev–Trinajstić information content (AvgIpc) is 3.24. The third-order valence-corrected chi connectivity index (χ3v) is 6.76. The molecular formula is C22H12Cl2N2O2S2. The smallest absolute Gasteiger partial charge is 0.269 e. The zero-order valence-corrected chi connectivity index (χ0v) is 18.3. The van der Waals surface area contributed by atoms with E-state index >= 15 is 0 Å². The van der Waals surface area contributed by atoms with E-state index in [9.17, 15) is 4.79 Å². The molecule has 0 spiro atoms. The van der Waals surface area contributed by atoms with Gasteiger partial charge in [0.1, 0.15) is 16.0 Å². The fraction of sp³-hybridized carbons (Fsp3) is 0. The van der Waals surface area contributed by atoms with E-state index in [-0.39, 0.29) is 11.0 Å². The van der Waals surface area contributed by atoms with Crippen molar-refractivity contribution in [1.29, 1.82) is 0 Å². The van der Waals surface area contributed by atoms with Crippen LogP contribution >= 0.6 is 46.8 Å². The number of para-hydroxylation sites is 1. The van der Waals surface area contributed by atoms with Gasteiger partial charge >= 0.3 is 0 Å². The second-order valence-corrected chi connectivity index (χ2v) is 8.88. The Labute approximate surface area is 190 Å². The minimum atomic E-state index is -0.375. The van der Waals surface area contributed by atoms with Gasteiger partial charge in [0.05, 0.1) is 5.02 Å². The summed E-state index contributed by atoms with van der Waals surface area (Å²) in [5.74, 6) is -0.375. The molecule has 0 radical (unpaired) electrons. The fourth-order valence-corrected chi connectivity index (χ4v) is 5.21. The molecule has 4 nitrogen and oxygen atoms in total. The van der Waals surface area contributed by atoms with Gasteiger partial charge in [0.2, 0.25) is 0 Å². The number of nitrogens with one attached hydrogen (secondary N) is 2. The van der Waals surface area contributed by atoms with Gasteiger partial charge in [0.25, 0.3) is 5.91 Å². The highest BCUT2D eigenvalue weighted by atomic mass is 35.5. The molecule has 0 aliphatic heterocycles. The maximum atomic E-state index is 12.7. The van der Waals surface area contributed by atoms with E-state index in [0.29, 0.717) is 20.6 Å². The largest absolute Gasteiger partial charge is 0.456 e. The Hall–Kier alpha value is -2.64. The van der Waals surface area contributed by atoms with Crippen molar-refractivity contribution in [2.24, 2.45) is 0 Å². The van der Waals surface area contributed by atoms with Crippen LogP contribution in [0.2, 0.25) is 10.0 Å². The van der Waals surface area contributed by atoms with Crippen LogP contribution in [-0.4, -0.2) is 11.0 Å². The molecule has 0 saturated heterocycles. The summed E-state index contributed by atoms with van der Waals surface area (Å²) in [6, 6.07) is 18.9. The predicted molar refractivity (Wildman–Crippen MR) is 129 cm³/mol. The number of rotatable bonds is 2. The molecule has 5 aromatic rings. The number of furan rings is 1. The van der Waals surface area contributed by atoms with Crippen molar-refractivity contribution < 1.29 is 9.21 Å². The molecule has 0 aliphatic rings. The molecular weight excluding hydrogens is 459 g/mol. The van der Waals surface area contributed by atoms with Crippen molar-refractivity contribution in [3.63, 3.8) is 0 Å². The highest BCUT2D eigenvalue weighted by molar-refractivity contribution is 7.80. The Morgan fingerprint density at radius 2 is 1.70 bits per heavy atom. The molecule has 3 aromatic carbocycles. The first-order valence-electron chi connectivity index (χ1n) is 8.91. The fourth-order valence-electron chi connectivity index (χ4n) is 3.31. The Bertz CT molecular complexity index is 1470. The summed E-state index contributed by atoms with van der Waals surface area (Å²) in [6.45, 7) is 0. The van der Waals surface area contributed by atoms with Crippen LogP contribution in [0, 0.1) is 0 Å². The number of hydrogen-bond donors (Lipinski definition) is 2. The number of thiocarbonyl (C=S) groups is 1. The lowest BCUT2D eigenvalue weighted by Crippen LogP contribution is -2.33. The van der Waals surface area contributed by atoms with Crippen LogP contribution in [0.1, 0.15) is 9.67 Å². The number of benzene rings is 3. The average molecular weight is 471 g/mol. The summed E-state index contributed by atoms with van der Waals surface area (Å²) >= 11 is 19.0. The molecule has 0 bridgehead atoms. The van der Waals surface area contributed by atoms with E-state index in [2.05, 4.69) is 10.6 Å². The van der Waals surface area contributed by atoms with Crippen molar-refractivity contribution in [3.8, 4) is 0 Å². The van der Waals surface area contributed by atoms with Gasteiger partial charge in [-0.1, -0.05) is 47.5 Å². The molecule has 0 atom stereocenters. The minimum absolute atomic E-state index is 0.169. The number of carbonyl (C=O) groups is 1. The maximum absolute atomic E-state index is 12.7. The number of carbonyl (C=O) groups excluding carboxylic acids is 1. The van der Waals surface area contributed by atoms with E-state index in [4.69, 9.17) is 39.8 Å². The molecule has 8 heteroatoms. The van der Waals surface area contributed by atoms with Crippen LogP contribution in [0.15, 0.2) is 65.1 Å². The zero-order valence-electron chi connectivity index (χ0n) is 15.2. The second kappa shape index (κ2) is 7.56. The highest BCUT2D eigenvalue weighted by Crippen LogP contribution is 2.36. The molecule has 0 aliphatic carbocycles. The van der Waals surface area contributed by atoms with Gasteiger partial charge in [-0.15, -0.1) is 11.3 Å². The lowest BCUT2D eigenvalue weighted by atomic mass is 10.1. The quantitative estimate of drug-likeness (QED) is 0.267. The standard InChI is InChI=1S/C22H12Cl2N2O2S2/c23-11-5-7-15-18(9-11)30-20(19(15)24)21(27)26-22(29)25-12-6-8-14-13-3-1-2-4-16(13)28-17(14)10-12/h1-10H,(H2,25,26,27,29). The third kappa shape index (κ3) is 3.42. The number of amides is 1. The zero-order chi connectivity index (χ0) is 20.8. The second-order valence-electron chi connectivity index (χ2n) is 6.60. The molecule has 148 valence electrons. The van der Waals surface area contributed by atoms with Crippen LogP contribution in [0.5, 0.6) is 0 Å². The molecule has 30 heavy (non-hydrogen) atoms. The van der Waals surface area contributed by atoms with Crippen molar-refractivity contribution in [2.45, 2.75) is 0 Å². The van der Waals surface area contributed by atoms with Gasteiger partial charge in [0.15, 0.2) is 5.11 Å². The summed E-state index contributed by atoms with van der Waals surface area (Å²) < 4.78 is 6.73. The first-order valence-corrected chi connectivity index (χ1v) is 10.9. The number of thiophene rings is 1. The molecule has 2 aromatic heterocycles. The number of anilines is 1. The van der Waals surface area contributed by atoms with Crippen LogP contribution in [0.4, 0.5) is 5.69 Å². The lowest BCUT2D eigenvalue weighted by molar-refractivity contribution is 0.0982. The summed E-state index contributed by atoms with van der Waals surface area (Å²) in [7, 11) is 0. The topological polar surface area (TPSA) is 54.3 Å². The Morgan fingerprint density at radius 3 is 2.57 bits per heavy atom. The summed E-state index contributed by atoms with van der Waals surface area (Å²) in [5.41, 5.74) is 2.26.